The highest BCUT2D eigenvalue weighted by atomic mass is 35.5. The average Bonchev–Trinajstić information content (AvgIpc) is 3.40. The number of aliphatic imine (C=N–C) groups is 1. The van der Waals surface area contributed by atoms with Crippen molar-refractivity contribution < 1.29 is 4.39 Å². The minimum absolute atomic E-state index is 0.0438. The number of aromatic amines is 1. The highest BCUT2D eigenvalue weighted by Crippen LogP contribution is 2.32. The van der Waals surface area contributed by atoms with Gasteiger partial charge in [-0.2, -0.15) is 4.98 Å². The van der Waals surface area contributed by atoms with Crippen LogP contribution in [0.2, 0.25) is 5.02 Å². The molecule has 0 aliphatic rings. The molecule has 2 unspecified atom stereocenters. The van der Waals surface area contributed by atoms with E-state index in [1.165, 1.54) is 10.1 Å². The molecule has 234 valence electrons. The van der Waals surface area contributed by atoms with Crippen molar-refractivity contribution in [1.82, 2.24) is 19.9 Å². The smallest absolute Gasteiger partial charge is 0.354 e. The summed E-state index contributed by atoms with van der Waals surface area (Å²) in [6.07, 6.45) is 8.67. The highest BCUT2D eigenvalue weighted by Gasteiger charge is 2.17. The van der Waals surface area contributed by atoms with Crippen LogP contribution in [0.5, 0.6) is 0 Å². The lowest BCUT2D eigenvalue weighted by Gasteiger charge is -2.21. The number of halogens is 2. The summed E-state index contributed by atoms with van der Waals surface area (Å²) in [5.41, 5.74) is 16.3. The number of hydrogen-bond donors (Lipinski definition) is 4. The van der Waals surface area contributed by atoms with E-state index in [1.54, 1.807) is 37.4 Å². The predicted molar refractivity (Wildman–Crippen MR) is 180 cm³/mol. The number of amidine groups is 1. The SMILES string of the molecule is C=CC(N)CCCc1cc(Cl)c(F)c(-c2cc3cn(-c4ccc(C(CCC)NCCCN=C(C)N)c(C)c4)c(=O)nc3[nH]2)c1. The van der Waals surface area contributed by atoms with Crippen LogP contribution >= 0.6 is 11.6 Å². The molecular weight excluding hydrogens is 577 g/mol. The number of rotatable bonds is 15. The standard InChI is InChI=1S/C34H43ClFN7O/c1-5-9-30(40-15-8-14-39-22(4)37)27-13-12-26(16-21(27)3)43-20-24-19-31(41-33(24)42-34(43)44)28-17-23(18-29(35)32(28)36)10-7-11-25(38)6-2/h6,12-13,16-20,25,30,40H,2,5,7-11,14-15,38H2,1,3-4H3,(H2,37,39)(H,41,42,44). The molecule has 0 radical (unpaired) electrons. The van der Waals surface area contributed by atoms with Gasteiger partial charge in [0.2, 0.25) is 0 Å². The van der Waals surface area contributed by atoms with E-state index in [4.69, 9.17) is 23.1 Å². The second-order valence-corrected chi connectivity index (χ2v) is 11.7. The van der Waals surface area contributed by atoms with Crippen LogP contribution < -0.4 is 22.5 Å². The molecule has 0 bridgehead atoms. The molecule has 10 heteroatoms. The summed E-state index contributed by atoms with van der Waals surface area (Å²) in [4.78, 5) is 24.8. The molecule has 0 spiro atoms. The van der Waals surface area contributed by atoms with Crippen molar-refractivity contribution in [2.24, 2.45) is 16.5 Å². The maximum absolute atomic E-state index is 15.2. The highest BCUT2D eigenvalue weighted by molar-refractivity contribution is 6.31. The molecule has 2 heterocycles. The molecule has 4 aromatic rings. The van der Waals surface area contributed by atoms with Crippen LogP contribution in [0.25, 0.3) is 28.0 Å². The lowest BCUT2D eigenvalue weighted by Crippen LogP contribution is -2.24. The number of benzene rings is 2. The normalized spacial score (nSPS) is 13.4. The summed E-state index contributed by atoms with van der Waals surface area (Å²) < 4.78 is 16.7. The number of nitrogens with one attached hydrogen (secondary N) is 2. The van der Waals surface area contributed by atoms with E-state index >= 15 is 4.39 Å². The molecule has 0 saturated heterocycles. The molecule has 0 saturated carbocycles. The van der Waals surface area contributed by atoms with Gasteiger partial charge >= 0.3 is 5.69 Å². The van der Waals surface area contributed by atoms with Crippen molar-refractivity contribution in [2.45, 2.75) is 71.4 Å². The third-order valence-electron chi connectivity index (χ3n) is 7.76. The van der Waals surface area contributed by atoms with Gasteiger partial charge in [-0.1, -0.05) is 37.1 Å². The summed E-state index contributed by atoms with van der Waals surface area (Å²) in [5.74, 6) is 0.0752. The molecule has 2 atom stereocenters. The van der Waals surface area contributed by atoms with Gasteiger partial charge in [0.05, 0.1) is 22.2 Å². The molecule has 0 aliphatic heterocycles. The van der Waals surface area contributed by atoms with Crippen LogP contribution in [-0.2, 0) is 6.42 Å². The molecule has 0 amide bonds. The van der Waals surface area contributed by atoms with Crippen molar-refractivity contribution in [2.75, 3.05) is 13.1 Å². The van der Waals surface area contributed by atoms with Crippen LogP contribution in [-0.4, -0.2) is 39.5 Å². The largest absolute Gasteiger partial charge is 0.388 e. The van der Waals surface area contributed by atoms with Crippen molar-refractivity contribution in [3.63, 3.8) is 0 Å². The fourth-order valence-corrected chi connectivity index (χ4v) is 5.68. The average molecular weight is 620 g/mol. The summed E-state index contributed by atoms with van der Waals surface area (Å²) in [7, 11) is 0. The second kappa shape index (κ2) is 15.3. The lowest BCUT2D eigenvalue weighted by molar-refractivity contribution is 0.488. The van der Waals surface area contributed by atoms with Gasteiger partial charge in [0.25, 0.3) is 0 Å². The van der Waals surface area contributed by atoms with Gasteiger partial charge in [-0.05, 0) is 99.5 Å². The first kappa shape index (κ1) is 33.1. The number of hydrogen-bond acceptors (Lipinski definition) is 5. The van der Waals surface area contributed by atoms with E-state index in [2.05, 4.69) is 46.8 Å². The zero-order valence-electron chi connectivity index (χ0n) is 25.8. The Bertz CT molecular complexity index is 1690. The summed E-state index contributed by atoms with van der Waals surface area (Å²) >= 11 is 6.28. The number of aryl methyl sites for hydroxylation is 2. The monoisotopic (exact) mass is 619 g/mol. The summed E-state index contributed by atoms with van der Waals surface area (Å²) in [6, 6.07) is 11.4. The first-order chi connectivity index (χ1) is 21.1. The number of aromatic nitrogens is 3. The van der Waals surface area contributed by atoms with Crippen molar-refractivity contribution in [3.8, 4) is 16.9 Å². The number of H-pyrrole nitrogens is 1. The maximum Gasteiger partial charge on any atom is 0.354 e. The van der Waals surface area contributed by atoms with Gasteiger partial charge in [0, 0.05) is 35.8 Å². The van der Waals surface area contributed by atoms with Gasteiger partial charge in [-0.15, -0.1) is 6.58 Å². The Morgan fingerprint density at radius 1 is 1.25 bits per heavy atom. The number of fused-ring (bicyclic) bond motifs is 1. The predicted octanol–water partition coefficient (Wildman–Crippen LogP) is 6.52. The van der Waals surface area contributed by atoms with Gasteiger partial charge < -0.3 is 21.8 Å². The topological polar surface area (TPSA) is 127 Å². The second-order valence-electron chi connectivity index (χ2n) is 11.3. The van der Waals surface area contributed by atoms with Gasteiger partial charge in [-0.25, -0.2) is 9.18 Å². The third-order valence-corrected chi connectivity index (χ3v) is 8.04. The molecule has 0 aliphatic carbocycles. The third kappa shape index (κ3) is 8.22. The van der Waals surface area contributed by atoms with Crippen molar-refractivity contribution in [1.29, 1.82) is 0 Å². The Labute approximate surface area is 263 Å². The van der Waals surface area contributed by atoms with Crippen LogP contribution in [0.15, 0.2) is 65.0 Å². The Balaban J connectivity index is 1.59. The molecule has 2 aromatic heterocycles. The molecule has 4 rings (SSSR count). The molecule has 2 aromatic carbocycles. The Morgan fingerprint density at radius 2 is 2.05 bits per heavy atom. The van der Waals surface area contributed by atoms with Gasteiger partial charge in [0.15, 0.2) is 5.82 Å². The molecule has 0 fully saturated rings. The van der Waals surface area contributed by atoms with E-state index in [9.17, 15) is 4.79 Å². The van der Waals surface area contributed by atoms with Crippen LogP contribution in [0.3, 0.4) is 0 Å². The van der Waals surface area contributed by atoms with E-state index in [0.29, 0.717) is 46.8 Å². The molecule has 6 N–H and O–H groups in total. The van der Waals surface area contributed by atoms with Gasteiger partial charge in [0.1, 0.15) is 5.65 Å². The molecule has 8 nitrogen and oxygen atoms in total. The zero-order chi connectivity index (χ0) is 31.8. The number of nitrogens with zero attached hydrogens (tertiary/aromatic N) is 3. The first-order valence-electron chi connectivity index (χ1n) is 15.2. The van der Waals surface area contributed by atoms with Crippen LogP contribution in [0, 0.1) is 12.7 Å². The van der Waals surface area contributed by atoms with E-state index < -0.39 is 11.5 Å². The van der Waals surface area contributed by atoms with E-state index in [0.717, 1.165) is 49.8 Å². The summed E-state index contributed by atoms with van der Waals surface area (Å²) in [6.45, 7) is 11.3. The Hall–Kier alpha value is -3.79. The number of nitrogens with two attached hydrogens (primary N) is 2. The van der Waals surface area contributed by atoms with Crippen LogP contribution in [0.4, 0.5) is 4.39 Å². The summed E-state index contributed by atoms with van der Waals surface area (Å²) in [5, 5.41) is 4.38. The first-order valence-corrected chi connectivity index (χ1v) is 15.6. The fraction of sp³-hybridized carbons (Fsp3) is 0.382. The van der Waals surface area contributed by atoms with Crippen LogP contribution in [0.1, 0.15) is 68.7 Å². The maximum atomic E-state index is 15.2. The molecule has 44 heavy (non-hydrogen) atoms. The Kier molecular flexibility index (Phi) is 11.5. The quantitative estimate of drug-likeness (QED) is 0.0522. The molecular formula is C34H43ClFN7O. The minimum atomic E-state index is -0.524. The lowest BCUT2D eigenvalue weighted by atomic mass is 9.97. The van der Waals surface area contributed by atoms with Crippen molar-refractivity contribution >= 4 is 28.5 Å². The van der Waals surface area contributed by atoms with Gasteiger partial charge in [-0.3, -0.25) is 9.56 Å². The minimum Gasteiger partial charge on any atom is -0.388 e. The Morgan fingerprint density at radius 3 is 2.75 bits per heavy atom. The van der Waals surface area contributed by atoms with E-state index in [1.807, 2.05) is 12.1 Å². The van der Waals surface area contributed by atoms with Crippen molar-refractivity contribution in [3.05, 3.63) is 93.3 Å². The van der Waals surface area contributed by atoms with E-state index in [-0.39, 0.29) is 17.1 Å². The zero-order valence-corrected chi connectivity index (χ0v) is 26.6. The fourth-order valence-electron chi connectivity index (χ4n) is 5.44.